The number of nitrogens with one attached hydrogen (secondary N) is 2. The van der Waals surface area contributed by atoms with E-state index in [1.807, 2.05) is 6.92 Å². The molecule has 0 aliphatic carbocycles. The van der Waals surface area contributed by atoms with Gasteiger partial charge in [-0.2, -0.15) is 5.10 Å². The van der Waals surface area contributed by atoms with Gasteiger partial charge in [-0.15, -0.1) is 0 Å². The Balaban J connectivity index is 1.91. The standard InChI is InChI=1S/C21H23N3O6/c1-4-29-17-11-6-14(12-18(17)28-3)13-22-24-20(26)19(25)23-16-9-7-15(8-10-16)21(27)30-5-2/h6-13H,4-5H2,1-3H3,(H,23,25)(H,24,26)/b22-13+. The summed E-state index contributed by atoms with van der Waals surface area (Å²) in [6, 6.07) is 11.1. The van der Waals surface area contributed by atoms with E-state index in [1.165, 1.54) is 37.6 Å². The van der Waals surface area contributed by atoms with Gasteiger partial charge in [0.1, 0.15) is 0 Å². The Morgan fingerprint density at radius 3 is 2.33 bits per heavy atom. The lowest BCUT2D eigenvalue weighted by molar-refractivity contribution is -0.136. The number of hydrogen-bond acceptors (Lipinski definition) is 7. The second-order valence-electron chi connectivity index (χ2n) is 5.79. The van der Waals surface area contributed by atoms with E-state index >= 15 is 0 Å². The molecule has 0 spiro atoms. The highest BCUT2D eigenvalue weighted by atomic mass is 16.5. The fourth-order valence-corrected chi connectivity index (χ4v) is 2.35. The molecule has 0 saturated carbocycles. The van der Waals surface area contributed by atoms with Gasteiger partial charge in [0, 0.05) is 5.69 Å². The maximum atomic E-state index is 12.0. The van der Waals surface area contributed by atoms with Gasteiger partial charge in [0.2, 0.25) is 0 Å². The number of ether oxygens (including phenoxy) is 3. The van der Waals surface area contributed by atoms with Crippen LogP contribution in [0.5, 0.6) is 11.5 Å². The minimum atomic E-state index is -0.946. The van der Waals surface area contributed by atoms with Crippen molar-refractivity contribution in [3.8, 4) is 11.5 Å². The number of methoxy groups -OCH3 is 1. The zero-order chi connectivity index (χ0) is 21.9. The molecule has 0 heterocycles. The summed E-state index contributed by atoms with van der Waals surface area (Å²) in [5.41, 5.74) is 3.48. The highest BCUT2D eigenvalue weighted by molar-refractivity contribution is 6.39. The third kappa shape index (κ3) is 6.33. The lowest BCUT2D eigenvalue weighted by Crippen LogP contribution is -2.32. The molecule has 158 valence electrons. The molecule has 0 fully saturated rings. The fraction of sp³-hybridized carbons (Fsp3) is 0.238. The number of amides is 2. The summed E-state index contributed by atoms with van der Waals surface area (Å²) in [6.07, 6.45) is 1.37. The van der Waals surface area contributed by atoms with E-state index in [9.17, 15) is 14.4 Å². The lowest BCUT2D eigenvalue weighted by atomic mass is 10.2. The number of anilines is 1. The van der Waals surface area contributed by atoms with E-state index in [2.05, 4.69) is 15.8 Å². The molecule has 0 bridgehead atoms. The summed E-state index contributed by atoms with van der Waals surface area (Å²) in [6.45, 7) is 4.34. The zero-order valence-corrected chi connectivity index (χ0v) is 16.9. The maximum absolute atomic E-state index is 12.0. The number of hydrazone groups is 1. The van der Waals surface area contributed by atoms with Crippen molar-refractivity contribution in [3.63, 3.8) is 0 Å². The molecule has 0 saturated heterocycles. The van der Waals surface area contributed by atoms with Crippen LogP contribution in [-0.2, 0) is 14.3 Å². The predicted octanol–water partition coefficient (Wildman–Crippen LogP) is 2.36. The summed E-state index contributed by atoms with van der Waals surface area (Å²) in [5, 5.41) is 6.18. The number of esters is 1. The van der Waals surface area contributed by atoms with Gasteiger partial charge in [0.25, 0.3) is 0 Å². The Morgan fingerprint density at radius 2 is 1.70 bits per heavy atom. The van der Waals surface area contributed by atoms with Crippen LogP contribution in [-0.4, -0.2) is 44.3 Å². The third-order valence-electron chi connectivity index (χ3n) is 3.73. The molecule has 0 aliphatic rings. The molecule has 0 radical (unpaired) electrons. The van der Waals surface area contributed by atoms with Gasteiger partial charge in [-0.25, -0.2) is 10.2 Å². The van der Waals surface area contributed by atoms with Crippen LogP contribution in [0.2, 0.25) is 0 Å². The lowest BCUT2D eigenvalue weighted by Gasteiger charge is -2.09. The summed E-state index contributed by atoms with van der Waals surface area (Å²) in [4.78, 5) is 35.5. The largest absolute Gasteiger partial charge is 0.493 e. The molecule has 9 heteroatoms. The van der Waals surface area contributed by atoms with Crippen molar-refractivity contribution in [2.75, 3.05) is 25.6 Å². The molecular weight excluding hydrogens is 390 g/mol. The fourth-order valence-electron chi connectivity index (χ4n) is 2.35. The molecule has 0 aromatic heterocycles. The Hall–Kier alpha value is -3.88. The minimum Gasteiger partial charge on any atom is -0.493 e. The number of hydrogen-bond donors (Lipinski definition) is 2. The highest BCUT2D eigenvalue weighted by Crippen LogP contribution is 2.27. The quantitative estimate of drug-likeness (QED) is 0.297. The predicted molar refractivity (Wildman–Crippen MR) is 111 cm³/mol. The summed E-state index contributed by atoms with van der Waals surface area (Å²) in [7, 11) is 1.52. The number of carbonyl (C=O) groups is 3. The first kappa shape index (κ1) is 22.4. The molecule has 2 aromatic rings. The first-order valence-corrected chi connectivity index (χ1v) is 9.20. The average Bonchev–Trinajstić information content (AvgIpc) is 2.75. The monoisotopic (exact) mass is 413 g/mol. The van der Waals surface area contributed by atoms with Crippen LogP contribution >= 0.6 is 0 Å². The summed E-state index contributed by atoms with van der Waals surface area (Å²) < 4.78 is 15.5. The molecule has 30 heavy (non-hydrogen) atoms. The Labute approximate surface area is 174 Å². The van der Waals surface area contributed by atoms with Crippen molar-refractivity contribution in [2.45, 2.75) is 13.8 Å². The second-order valence-corrected chi connectivity index (χ2v) is 5.79. The van der Waals surface area contributed by atoms with Crippen LogP contribution in [0, 0.1) is 0 Å². The first-order valence-electron chi connectivity index (χ1n) is 9.20. The van der Waals surface area contributed by atoms with E-state index in [4.69, 9.17) is 14.2 Å². The van der Waals surface area contributed by atoms with E-state index in [-0.39, 0.29) is 6.61 Å². The van der Waals surface area contributed by atoms with Gasteiger partial charge < -0.3 is 19.5 Å². The molecule has 2 aromatic carbocycles. The van der Waals surface area contributed by atoms with Crippen LogP contribution in [0.15, 0.2) is 47.6 Å². The van der Waals surface area contributed by atoms with Crippen LogP contribution in [0.25, 0.3) is 0 Å². The molecule has 2 N–H and O–H groups in total. The van der Waals surface area contributed by atoms with Gasteiger partial charge in [-0.3, -0.25) is 9.59 Å². The molecule has 0 atom stereocenters. The van der Waals surface area contributed by atoms with Gasteiger partial charge >= 0.3 is 17.8 Å². The number of rotatable bonds is 8. The average molecular weight is 413 g/mol. The number of carbonyl (C=O) groups excluding carboxylic acids is 3. The van der Waals surface area contributed by atoms with Crippen molar-refractivity contribution >= 4 is 29.7 Å². The van der Waals surface area contributed by atoms with Gasteiger partial charge in [-0.05, 0) is 61.9 Å². The van der Waals surface area contributed by atoms with Crippen molar-refractivity contribution in [2.24, 2.45) is 5.10 Å². The molecule has 9 nitrogen and oxygen atoms in total. The van der Waals surface area contributed by atoms with Crippen LogP contribution in [0.4, 0.5) is 5.69 Å². The molecule has 0 unspecified atom stereocenters. The van der Waals surface area contributed by atoms with Gasteiger partial charge in [-0.1, -0.05) is 0 Å². The molecule has 2 rings (SSSR count). The smallest absolute Gasteiger partial charge is 0.338 e. The highest BCUT2D eigenvalue weighted by Gasteiger charge is 2.13. The maximum Gasteiger partial charge on any atom is 0.338 e. The van der Waals surface area contributed by atoms with Crippen molar-refractivity contribution in [1.29, 1.82) is 0 Å². The molecule has 2 amide bonds. The normalized spacial score (nSPS) is 10.4. The van der Waals surface area contributed by atoms with E-state index in [0.29, 0.717) is 34.9 Å². The van der Waals surface area contributed by atoms with Crippen molar-refractivity contribution in [3.05, 3.63) is 53.6 Å². The van der Waals surface area contributed by atoms with Gasteiger partial charge in [0.15, 0.2) is 11.5 Å². The van der Waals surface area contributed by atoms with E-state index in [0.717, 1.165) is 0 Å². The SMILES string of the molecule is CCOC(=O)c1ccc(NC(=O)C(=O)N/N=C/c2ccc(OCC)c(OC)c2)cc1. The third-order valence-corrected chi connectivity index (χ3v) is 3.73. The van der Waals surface area contributed by atoms with Crippen LogP contribution < -0.4 is 20.2 Å². The van der Waals surface area contributed by atoms with Gasteiger partial charge in [0.05, 0.1) is 32.1 Å². The van der Waals surface area contributed by atoms with Crippen LogP contribution in [0.3, 0.4) is 0 Å². The zero-order valence-electron chi connectivity index (χ0n) is 16.9. The summed E-state index contributed by atoms with van der Waals surface area (Å²) >= 11 is 0. The van der Waals surface area contributed by atoms with E-state index < -0.39 is 17.8 Å². The minimum absolute atomic E-state index is 0.265. The van der Waals surface area contributed by atoms with Crippen molar-refractivity contribution in [1.82, 2.24) is 5.43 Å². The number of nitrogens with zero attached hydrogens (tertiary/aromatic N) is 1. The Bertz CT molecular complexity index is 925. The van der Waals surface area contributed by atoms with Crippen LogP contribution in [0.1, 0.15) is 29.8 Å². The molecular formula is C21H23N3O6. The van der Waals surface area contributed by atoms with Crippen molar-refractivity contribution < 1.29 is 28.6 Å². The Kier molecular flexibility index (Phi) is 8.37. The summed E-state index contributed by atoms with van der Waals surface area (Å²) in [5.74, 6) is -1.20. The first-order chi connectivity index (χ1) is 14.5. The second kappa shape index (κ2) is 11.2. The Morgan fingerprint density at radius 1 is 0.967 bits per heavy atom. The molecule has 0 aliphatic heterocycles. The van der Waals surface area contributed by atoms with E-state index in [1.54, 1.807) is 25.1 Å². The number of benzene rings is 2. The topological polar surface area (TPSA) is 115 Å².